The van der Waals surface area contributed by atoms with Crippen LogP contribution < -0.4 is 5.32 Å². The van der Waals surface area contributed by atoms with Gasteiger partial charge in [0, 0.05) is 38.0 Å². The maximum Gasteiger partial charge on any atom is 0.122 e. The summed E-state index contributed by atoms with van der Waals surface area (Å²) < 4.78 is 2.03. The summed E-state index contributed by atoms with van der Waals surface area (Å²) >= 11 is 0. The molecule has 0 amide bonds. The molecular weight excluding hydrogens is 214 g/mol. The summed E-state index contributed by atoms with van der Waals surface area (Å²) in [5.41, 5.74) is 0.114. The molecule has 1 aromatic rings. The van der Waals surface area contributed by atoms with Crippen molar-refractivity contribution < 1.29 is 5.11 Å². The third-order valence-corrected chi connectivity index (χ3v) is 3.95. The molecule has 0 unspecified atom stereocenters. The van der Waals surface area contributed by atoms with Crippen molar-refractivity contribution >= 4 is 0 Å². The van der Waals surface area contributed by atoms with Gasteiger partial charge in [-0.1, -0.05) is 19.3 Å². The van der Waals surface area contributed by atoms with Gasteiger partial charge in [-0.15, -0.1) is 0 Å². The Bertz CT molecular complexity index is 342. The number of imidazole rings is 1. The minimum absolute atomic E-state index is 0.114. The summed E-state index contributed by atoms with van der Waals surface area (Å²) in [5.74, 6) is 1.05. The molecule has 1 heterocycles. The van der Waals surface area contributed by atoms with Crippen molar-refractivity contribution in [3.05, 3.63) is 18.2 Å². The summed E-state index contributed by atoms with van der Waals surface area (Å²) in [6.45, 7) is 1.99. The smallest absolute Gasteiger partial charge is 0.122 e. The zero-order valence-electron chi connectivity index (χ0n) is 10.7. The standard InChI is InChI=1S/C13H23N3O/c1-16-8-7-15-12(16)9-14-10-13(11-17)5-3-2-4-6-13/h7-8,14,17H,2-6,9-11H2,1H3. The number of hydrogen-bond donors (Lipinski definition) is 2. The van der Waals surface area contributed by atoms with Gasteiger partial charge in [-0.2, -0.15) is 0 Å². The van der Waals surface area contributed by atoms with E-state index < -0.39 is 0 Å². The predicted octanol–water partition coefficient (Wildman–Crippen LogP) is 1.45. The minimum Gasteiger partial charge on any atom is -0.396 e. The molecule has 0 atom stereocenters. The number of rotatable bonds is 5. The highest BCUT2D eigenvalue weighted by Gasteiger charge is 2.30. The third kappa shape index (κ3) is 3.07. The lowest BCUT2D eigenvalue weighted by Crippen LogP contribution is -2.39. The molecule has 17 heavy (non-hydrogen) atoms. The largest absolute Gasteiger partial charge is 0.396 e. The van der Waals surface area contributed by atoms with Crippen LogP contribution in [0, 0.1) is 5.41 Å². The summed E-state index contributed by atoms with van der Waals surface area (Å²) in [4.78, 5) is 4.28. The van der Waals surface area contributed by atoms with E-state index in [0.29, 0.717) is 6.61 Å². The molecule has 1 aliphatic carbocycles. The van der Waals surface area contributed by atoms with Crippen molar-refractivity contribution in [1.82, 2.24) is 14.9 Å². The number of aryl methyl sites for hydroxylation is 1. The van der Waals surface area contributed by atoms with Crippen LogP contribution in [-0.4, -0.2) is 27.8 Å². The van der Waals surface area contributed by atoms with E-state index in [1.54, 1.807) is 0 Å². The highest BCUT2D eigenvalue weighted by molar-refractivity contribution is 4.91. The van der Waals surface area contributed by atoms with Crippen LogP contribution in [0.1, 0.15) is 37.9 Å². The molecule has 4 heteroatoms. The molecule has 0 spiro atoms. The molecule has 0 saturated heterocycles. The van der Waals surface area contributed by atoms with Crippen molar-refractivity contribution in [2.75, 3.05) is 13.2 Å². The van der Waals surface area contributed by atoms with E-state index >= 15 is 0 Å². The second-order valence-electron chi connectivity index (χ2n) is 5.28. The highest BCUT2D eigenvalue weighted by atomic mass is 16.3. The van der Waals surface area contributed by atoms with Crippen LogP contribution >= 0.6 is 0 Å². The predicted molar refractivity (Wildman–Crippen MR) is 67.5 cm³/mol. The molecule has 4 nitrogen and oxygen atoms in total. The molecule has 0 aromatic carbocycles. The van der Waals surface area contributed by atoms with Gasteiger partial charge in [-0.05, 0) is 12.8 Å². The zero-order valence-corrected chi connectivity index (χ0v) is 10.7. The van der Waals surface area contributed by atoms with Crippen molar-refractivity contribution in [1.29, 1.82) is 0 Å². The van der Waals surface area contributed by atoms with E-state index in [9.17, 15) is 5.11 Å². The fourth-order valence-electron chi connectivity index (χ4n) is 2.70. The second-order valence-corrected chi connectivity index (χ2v) is 5.28. The first-order valence-corrected chi connectivity index (χ1v) is 6.54. The molecule has 1 aromatic heterocycles. The molecule has 1 aliphatic rings. The summed E-state index contributed by atoms with van der Waals surface area (Å²) in [6, 6.07) is 0. The number of nitrogens with zero attached hydrogens (tertiary/aromatic N) is 2. The zero-order chi connectivity index (χ0) is 12.1. The van der Waals surface area contributed by atoms with Crippen molar-refractivity contribution in [3.8, 4) is 0 Å². The Morgan fingerprint density at radius 2 is 2.18 bits per heavy atom. The van der Waals surface area contributed by atoms with E-state index in [1.165, 1.54) is 19.3 Å². The monoisotopic (exact) mass is 237 g/mol. The van der Waals surface area contributed by atoms with E-state index in [1.807, 2.05) is 24.0 Å². The van der Waals surface area contributed by atoms with Gasteiger partial charge in [0.15, 0.2) is 0 Å². The fourth-order valence-corrected chi connectivity index (χ4v) is 2.70. The van der Waals surface area contributed by atoms with Gasteiger partial charge in [0.05, 0.1) is 6.54 Å². The molecule has 0 aliphatic heterocycles. The Hall–Kier alpha value is -0.870. The molecule has 96 valence electrons. The number of nitrogens with one attached hydrogen (secondary N) is 1. The first-order chi connectivity index (χ1) is 8.26. The molecule has 2 N–H and O–H groups in total. The number of aliphatic hydroxyl groups is 1. The Balaban J connectivity index is 1.82. The van der Waals surface area contributed by atoms with E-state index in [-0.39, 0.29) is 5.41 Å². The minimum atomic E-state index is 0.114. The Morgan fingerprint density at radius 3 is 2.76 bits per heavy atom. The fraction of sp³-hybridized carbons (Fsp3) is 0.769. The number of hydrogen-bond acceptors (Lipinski definition) is 3. The first-order valence-electron chi connectivity index (χ1n) is 6.54. The first kappa shape index (κ1) is 12.6. The van der Waals surface area contributed by atoms with Gasteiger partial charge in [-0.25, -0.2) is 4.98 Å². The lowest BCUT2D eigenvalue weighted by Gasteiger charge is -2.35. The van der Waals surface area contributed by atoms with Crippen molar-refractivity contribution in [2.24, 2.45) is 12.5 Å². The molecule has 0 bridgehead atoms. The van der Waals surface area contributed by atoms with Crippen LogP contribution in [0.4, 0.5) is 0 Å². The van der Waals surface area contributed by atoms with E-state index in [0.717, 1.165) is 31.8 Å². The van der Waals surface area contributed by atoms with Crippen molar-refractivity contribution in [3.63, 3.8) is 0 Å². The average molecular weight is 237 g/mol. The van der Waals surface area contributed by atoms with Gasteiger partial charge in [0.1, 0.15) is 5.82 Å². The quantitative estimate of drug-likeness (QED) is 0.815. The summed E-state index contributed by atoms with van der Waals surface area (Å²) in [6.07, 6.45) is 9.91. The molecule has 1 saturated carbocycles. The van der Waals surface area contributed by atoms with Crippen molar-refractivity contribution in [2.45, 2.75) is 38.6 Å². The normalized spacial score (nSPS) is 19.4. The Labute approximate surface area is 103 Å². The van der Waals surface area contributed by atoms with Crippen LogP contribution in [0.15, 0.2) is 12.4 Å². The molecular formula is C13H23N3O. The summed E-state index contributed by atoms with van der Waals surface area (Å²) in [7, 11) is 2.01. The van der Waals surface area contributed by atoms with Crippen LogP contribution in [0.25, 0.3) is 0 Å². The average Bonchev–Trinajstić information content (AvgIpc) is 2.76. The maximum absolute atomic E-state index is 9.59. The maximum atomic E-state index is 9.59. The Kier molecular flexibility index (Phi) is 4.18. The topological polar surface area (TPSA) is 50.1 Å². The van der Waals surface area contributed by atoms with Gasteiger partial charge >= 0.3 is 0 Å². The summed E-state index contributed by atoms with van der Waals surface area (Å²) in [5, 5.41) is 13.0. The highest BCUT2D eigenvalue weighted by Crippen LogP contribution is 2.35. The van der Waals surface area contributed by atoms with E-state index in [2.05, 4.69) is 10.3 Å². The lowest BCUT2D eigenvalue weighted by molar-refractivity contribution is 0.0808. The van der Waals surface area contributed by atoms with Crippen LogP contribution in [0.2, 0.25) is 0 Å². The SMILES string of the molecule is Cn1ccnc1CNCC1(CO)CCCCC1. The molecule has 1 fully saturated rings. The third-order valence-electron chi connectivity index (χ3n) is 3.95. The number of aliphatic hydroxyl groups excluding tert-OH is 1. The van der Waals surface area contributed by atoms with Crippen LogP contribution in [0.3, 0.4) is 0 Å². The lowest BCUT2D eigenvalue weighted by atomic mass is 9.74. The van der Waals surface area contributed by atoms with E-state index in [4.69, 9.17) is 0 Å². The Morgan fingerprint density at radius 1 is 1.41 bits per heavy atom. The van der Waals surface area contributed by atoms with Crippen LogP contribution in [-0.2, 0) is 13.6 Å². The molecule has 2 rings (SSSR count). The van der Waals surface area contributed by atoms with Gasteiger partial charge in [0.25, 0.3) is 0 Å². The number of aromatic nitrogens is 2. The van der Waals surface area contributed by atoms with Gasteiger partial charge < -0.3 is 15.0 Å². The molecule has 0 radical (unpaired) electrons. The second kappa shape index (κ2) is 5.65. The van der Waals surface area contributed by atoms with Gasteiger partial charge in [-0.3, -0.25) is 0 Å². The van der Waals surface area contributed by atoms with Gasteiger partial charge in [0.2, 0.25) is 0 Å². The van der Waals surface area contributed by atoms with Crippen LogP contribution in [0.5, 0.6) is 0 Å².